The third kappa shape index (κ3) is 6.22. The van der Waals surface area contributed by atoms with Gasteiger partial charge in [0.2, 0.25) is 0 Å². The Morgan fingerprint density at radius 1 is 1.09 bits per heavy atom. The minimum Gasteiger partial charge on any atom is -0.490 e. The van der Waals surface area contributed by atoms with E-state index < -0.39 is 30.4 Å². The summed E-state index contributed by atoms with van der Waals surface area (Å²) in [5.41, 5.74) is 2.32. The number of nitrogens with one attached hydrogen (secondary N) is 2. The van der Waals surface area contributed by atoms with Crippen molar-refractivity contribution in [2.75, 3.05) is 25.1 Å². The number of benzene rings is 1. The lowest BCUT2D eigenvalue weighted by Gasteiger charge is -2.14. The fourth-order valence-corrected chi connectivity index (χ4v) is 2.92. The second-order valence-corrected chi connectivity index (χ2v) is 7.00. The van der Waals surface area contributed by atoms with Crippen LogP contribution in [0, 0.1) is 13.8 Å². The van der Waals surface area contributed by atoms with Crippen LogP contribution in [0.25, 0.3) is 0 Å². The van der Waals surface area contributed by atoms with E-state index in [9.17, 15) is 14.4 Å². The second-order valence-electron chi connectivity index (χ2n) is 7.00. The number of aryl methyl sites for hydroxylation is 2. The first-order valence-corrected chi connectivity index (χ1v) is 10.4. The Bertz CT molecular complexity index is 985. The molecule has 0 fully saturated rings. The highest BCUT2D eigenvalue weighted by Gasteiger charge is 2.21. The Kier molecular flexibility index (Phi) is 8.62. The molecule has 1 atom stereocenters. The molecule has 0 saturated carbocycles. The third-order valence-electron chi connectivity index (χ3n) is 4.63. The molecule has 0 bridgehead atoms. The van der Waals surface area contributed by atoms with Gasteiger partial charge in [0.25, 0.3) is 11.8 Å². The van der Waals surface area contributed by atoms with Crippen LogP contribution in [0.2, 0.25) is 0 Å². The molecular formula is C22H30N4O6. The van der Waals surface area contributed by atoms with Crippen LogP contribution >= 0.6 is 0 Å². The topological polar surface area (TPSA) is 121 Å². The van der Waals surface area contributed by atoms with Gasteiger partial charge in [-0.3, -0.25) is 19.1 Å². The molecule has 2 aromatic rings. The van der Waals surface area contributed by atoms with Gasteiger partial charge in [-0.05, 0) is 52.8 Å². The van der Waals surface area contributed by atoms with Gasteiger partial charge in [0, 0.05) is 12.6 Å². The van der Waals surface area contributed by atoms with Crippen molar-refractivity contribution < 1.29 is 28.6 Å². The van der Waals surface area contributed by atoms with Crippen LogP contribution in [-0.4, -0.2) is 53.4 Å². The van der Waals surface area contributed by atoms with E-state index in [1.807, 2.05) is 20.8 Å². The average Bonchev–Trinajstić information content (AvgIpc) is 2.99. The number of hydrogen-bond acceptors (Lipinski definition) is 7. The van der Waals surface area contributed by atoms with Gasteiger partial charge in [-0.1, -0.05) is 0 Å². The maximum absolute atomic E-state index is 12.4. The van der Waals surface area contributed by atoms with Gasteiger partial charge in [0.15, 0.2) is 17.6 Å². The van der Waals surface area contributed by atoms with Crippen molar-refractivity contribution in [3.05, 3.63) is 35.2 Å². The van der Waals surface area contributed by atoms with E-state index in [4.69, 9.17) is 14.2 Å². The van der Waals surface area contributed by atoms with Crippen molar-refractivity contribution in [3.8, 4) is 11.5 Å². The van der Waals surface area contributed by atoms with Gasteiger partial charge >= 0.3 is 5.97 Å². The predicted molar refractivity (Wildman–Crippen MR) is 118 cm³/mol. The molecule has 0 radical (unpaired) electrons. The molecule has 174 valence electrons. The minimum absolute atomic E-state index is 0.304. The number of carbonyl (C=O) groups excluding carboxylic acids is 3. The van der Waals surface area contributed by atoms with Gasteiger partial charge in [0.05, 0.1) is 30.3 Å². The normalized spacial score (nSPS) is 11.4. The Morgan fingerprint density at radius 3 is 2.34 bits per heavy atom. The molecule has 1 unspecified atom stereocenters. The number of nitrogens with zero attached hydrogens (tertiary/aromatic N) is 2. The first-order chi connectivity index (χ1) is 15.2. The highest BCUT2D eigenvalue weighted by molar-refractivity contribution is 5.98. The Morgan fingerprint density at radius 2 is 1.75 bits per heavy atom. The van der Waals surface area contributed by atoms with E-state index >= 15 is 0 Å². The fraction of sp³-hybridized carbons (Fsp3) is 0.455. The Labute approximate surface area is 187 Å². The second kappa shape index (κ2) is 11.2. The average molecular weight is 447 g/mol. The predicted octanol–water partition coefficient (Wildman–Crippen LogP) is 2.13. The molecule has 2 rings (SSSR count). The summed E-state index contributed by atoms with van der Waals surface area (Å²) >= 11 is 0. The molecule has 32 heavy (non-hydrogen) atoms. The molecule has 10 heteroatoms. The van der Waals surface area contributed by atoms with Gasteiger partial charge in [-0.15, -0.1) is 0 Å². The Balaban J connectivity index is 1.91. The van der Waals surface area contributed by atoms with Crippen molar-refractivity contribution in [2.24, 2.45) is 7.05 Å². The maximum Gasteiger partial charge on any atom is 0.326 e. The van der Waals surface area contributed by atoms with Crippen LogP contribution in [0.4, 0.5) is 5.69 Å². The molecule has 0 spiro atoms. The standard InChI is InChI=1S/C22H30N4O6/c1-7-30-17-10-9-16(11-18(17)31-8-2)22(29)23-12-19(27)32-15(5)21(28)24-20-13(3)25-26(6)14(20)4/h9-11,15H,7-8,12H2,1-6H3,(H,23,29)(H,24,28). The number of hydrogen-bond donors (Lipinski definition) is 2. The van der Waals surface area contributed by atoms with E-state index in [1.165, 1.54) is 6.92 Å². The summed E-state index contributed by atoms with van der Waals surface area (Å²) in [7, 11) is 1.77. The first-order valence-electron chi connectivity index (χ1n) is 10.4. The molecule has 0 aliphatic rings. The van der Waals surface area contributed by atoms with Crippen LogP contribution in [0.3, 0.4) is 0 Å². The lowest BCUT2D eigenvalue weighted by atomic mass is 10.2. The van der Waals surface area contributed by atoms with Crippen molar-refractivity contribution in [3.63, 3.8) is 0 Å². The summed E-state index contributed by atoms with van der Waals surface area (Å²) in [4.78, 5) is 36.9. The van der Waals surface area contributed by atoms with Gasteiger partial charge < -0.3 is 24.8 Å². The fourth-order valence-electron chi connectivity index (χ4n) is 2.92. The van der Waals surface area contributed by atoms with E-state index in [1.54, 1.807) is 36.9 Å². The molecule has 0 aliphatic carbocycles. The monoisotopic (exact) mass is 446 g/mol. The van der Waals surface area contributed by atoms with E-state index in [-0.39, 0.29) is 0 Å². The highest BCUT2D eigenvalue weighted by atomic mass is 16.5. The van der Waals surface area contributed by atoms with Crippen molar-refractivity contribution >= 4 is 23.5 Å². The van der Waals surface area contributed by atoms with E-state index in [0.29, 0.717) is 41.7 Å². The molecule has 0 saturated heterocycles. The van der Waals surface area contributed by atoms with Crippen LogP contribution in [0.15, 0.2) is 18.2 Å². The summed E-state index contributed by atoms with van der Waals surface area (Å²) in [5, 5.41) is 9.42. The largest absolute Gasteiger partial charge is 0.490 e. The SMILES string of the molecule is CCOc1ccc(C(=O)NCC(=O)OC(C)C(=O)Nc2c(C)nn(C)c2C)cc1OCC. The van der Waals surface area contributed by atoms with Crippen molar-refractivity contribution in [2.45, 2.75) is 40.7 Å². The van der Waals surface area contributed by atoms with Crippen molar-refractivity contribution in [1.82, 2.24) is 15.1 Å². The van der Waals surface area contributed by atoms with Gasteiger partial charge in [-0.2, -0.15) is 5.10 Å². The summed E-state index contributed by atoms with van der Waals surface area (Å²) in [6.07, 6.45) is -1.05. The van der Waals surface area contributed by atoms with Crippen LogP contribution < -0.4 is 20.1 Å². The summed E-state index contributed by atoms with van der Waals surface area (Å²) in [6.45, 7) is 9.20. The number of amides is 2. The third-order valence-corrected chi connectivity index (χ3v) is 4.63. The molecule has 2 amide bonds. The summed E-state index contributed by atoms with van der Waals surface area (Å²) in [5.74, 6) is -0.738. The number of ether oxygens (including phenoxy) is 3. The molecule has 1 aromatic carbocycles. The van der Waals surface area contributed by atoms with E-state index in [2.05, 4.69) is 15.7 Å². The number of carbonyl (C=O) groups is 3. The first kappa shape index (κ1) is 24.7. The van der Waals surface area contributed by atoms with Crippen LogP contribution in [-0.2, 0) is 21.4 Å². The molecule has 1 aromatic heterocycles. The number of esters is 1. The van der Waals surface area contributed by atoms with Crippen LogP contribution in [0.5, 0.6) is 11.5 Å². The van der Waals surface area contributed by atoms with Crippen molar-refractivity contribution in [1.29, 1.82) is 0 Å². The molecule has 0 aliphatic heterocycles. The van der Waals surface area contributed by atoms with E-state index in [0.717, 1.165) is 5.69 Å². The van der Waals surface area contributed by atoms with Gasteiger partial charge in [0.1, 0.15) is 6.54 Å². The Hall–Kier alpha value is -3.56. The number of aromatic nitrogens is 2. The molecular weight excluding hydrogens is 416 g/mol. The van der Waals surface area contributed by atoms with Gasteiger partial charge in [-0.25, -0.2) is 0 Å². The zero-order chi connectivity index (χ0) is 23.8. The zero-order valence-electron chi connectivity index (χ0n) is 19.3. The molecule has 10 nitrogen and oxygen atoms in total. The lowest BCUT2D eigenvalue weighted by molar-refractivity contribution is -0.152. The maximum atomic E-state index is 12.4. The summed E-state index contributed by atoms with van der Waals surface area (Å²) < 4.78 is 17.8. The number of anilines is 1. The lowest BCUT2D eigenvalue weighted by Crippen LogP contribution is -2.36. The zero-order valence-corrected chi connectivity index (χ0v) is 19.3. The molecule has 1 heterocycles. The smallest absolute Gasteiger partial charge is 0.326 e. The highest BCUT2D eigenvalue weighted by Crippen LogP contribution is 2.28. The molecule has 2 N–H and O–H groups in total. The quantitative estimate of drug-likeness (QED) is 0.536. The minimum atomic E-state index is -1.05. The van der Waals surface area contributed by atoms with Crippen LogP contribution in [0.1, 0.15) is 42.5 Å². The number of rotatable bonds is 10. The summed E-state index contributed by atoms with van der Waals surface area (Å²) in [6, 6.07) is 4.75.